The fourth-order valence-corrected chi connectivity index (χ4v) is 1.55. The minimum absolute atomic E-state index is 0.0946. The third kappa shape index (κ3) is 3.85. The summed E-state index contributed by atoms with van der Waals surface area (Å²) in [6.07, 6.45) is 0.0618. The van der Waals surface area contributed by atoms with Crippen LogP contribution >= 0.6 is 0 Å². The first-order chi connectivity index (χ1) is 8.41. The van der Waals surface area contributed by atoms with E-state index >= 15 is 0 Å². The molecule has 0 heterocycles. The van der Waals surface area contributed by atoms with Crippen molar-refractivity contribution < 1.29 is 14.7 Å². The Morgan fingerprint density at radius 1 is 1.28 bits per heavy atom. The second kappa shape index (κ2) is 6.16. The molecule has 5 heteroatoms. The van der Waals surface area contributed by atoms with E-state index in [4.69, 9.17) is 10.8 Å². The number of carbonyl (C=O) groups excluding carboxylic acids is 1. The number of hydrogen-bond donors (Lipinski definition) is 2. The number of benzene rings is 1. The highest BCUT2D eigenvalue weighted by atomic mass is 16.4. The maximum Gasteiger partial charge on any atom is 0.303 e. The van der Waals surface area contributed by atoms with Gasteiger partial charge in [-0.15, -0.1) is 0 Å². The lowest BCUT2D eigenvalue weighted by atomic mass is 10.0. The van der Waals surface area contributed by atoms with Crippen molar-refractivity contribution in [3.05, 3.63) is 29.8 Å². The summed E-state index contributed by atoms with van der Waals surface area (Å²) in [6.45, 7) is 0. The van der Waals surface area contributed by atoms with E-state index in [2.05, 4.69) is 0 Å². The van der Waals surface area contributed by atoms with Crippen LogP contribution in [0.4, 0.5) is 5.69 Å². The average Bonchev–Trinajstić information content (AvgIpc) is 2.35. The average molecular weight is 250 g/mol. The van der Waals surface area contributed by atoms with Crippen LogP contribution in [0.1, 0.15) is 23.2 Å². The number of carboxylic acids is 1. The Morgan fingerprint density at radius 2 is 1.83 bits per heavy atom. The van der Waals surface area contributed by atoms with E-state index in [0.29, 0.717) is 5.56 Å². The molecule has 1 unspecified atom stereocenters. The van der Waals surface area contributed by atoms with Crippen LogP contribution in [0.5, 0.6) is 0 Å². The van der Waals surface area contributed by atoms with Crippen molar-refractivity contribution in [1.82, 2.24) is 0 Å². The molecule has 18 heavy (non-hydrogen) atoms. The third-order valence-corrected chi connectivity index (χ3v) is 2.67. The Hall–Kier alpha value is -1.88. The van der Waals surface area contributed by atoms with Crippen molar-refractivity contribution in [1.29, 1.82) is 0 Å². The predicted octanol–water partition coefficient (Wildman–Crippen LogP) is 1.13. The maximum absolute atomic E-state index is 11.9. The quantitative estimate of drug-likeness (QED) is 0.739. The van der Waals surface area contributed by atoms with Gasteiger partial charge in [-0.3, -0.25) is 9.59 Å². The van der Waals surface area contributed by atoms with Crippen LogP contribution in [-0.2, 0) is 4.79 Å². The summed E-state index contributed by atoms with van der Waals surface area (Å²) in [5.41, 5.74) is 7.18. The van der Waals surface area contributed by atoms with Crippen molar-refractivity contribution in [2.24, 2.45) is 5.73 Å². The van der Waals surface area contributed by atoms with Crippen molar-refractivity contribution in [3.8, 4) is 0 Å². The van der Waals surface area contributed by atoms with Gasteiger partial charge in [-0.2, -0.15) is 0 Å². The summed E-state index contributed by atoms with van der Waals surface area (Å²) >= 11 is 0. The van der Waals surface area contributed by atoms with Crippen LogP contribution in [0.2, 0.25) is 0 Å². The first-order valence-electron chi connectivity index (χ1n) is 5.71. The fraction of sp³-hybridized carbons (Fsp3) is 0.385. The van der Waals surface area contributed by atoms with Gasteiger partial charge in [-0.25, -0.2) is 0 Å². The fourth-order valence-electron chi connectivity index (χ4n) is 1.55. The number of nitrogens with two attached hydrogens (primary N) is 1. The molecule has 3 N–H and O–H groups in total. The maximum atomic E-state index is 11.9. The van der Waals surface area contributed by atoms with Gasteiger partial charge in [0.25, 0.3) is 0 Å². The Morgan fingerprint density at radius 3 is 2.28 bits per heavy atom. The Balaban J connectivity index is 2.68. The molecule has 0 amide bonds. The van der Waals surface area contributed by atoms with E-state index < -0.39 is 12.0 Å². The molecule has 0 saturated heterocycles. The number of carboxylic acid groups (broad SMARTS) is 1. The molecule has 0 spiro atoms. The zero-order chi connectivity index (χ0) is 13.7. The largest absolute Gasteiger partial charge is 0.481 e. The summed E-state index contributed by atoms with van der Waals surface area (Å²) in [7, 11) is 3.82. The first kappa shape index (κ1) is 14.2. The molecule has 0 fully saturated rings. The smallest absolute Gasteiger partial charge is 0.303 e. The lowest BCUT2D eigenvalue weighted by molar-refractivity contribution is -0.137. The number of ketones is 1. The molecule has 0 aromatic heterocycles. The summed E-state index contributed by atoms with van der Waals surface area (Å²) in [4.78, 5) is 24.2. The summed E-state index contributed by atoms with van der Waals surface area (Å²) in [5.74, 6) is -1.16. The second-order valence-corrected chi connectivity index (χ2v) is 4.34. The summed E-state index contributed by atoms with van der Waals surface area (Å²) < 4.78 is 0. The minimum atomic E-state index is -0.943. The second-order valence-electron chi connectivity index (χ2n) is 4.34. The highest BCUT2D eigenvalue weighted by molar-refractivity contribution is 6.00. The molecular weight excluding hydrogens is 232 g/mol. The van der Waals surface area contributed by atoms with Crippen molar-refractivity contribution in [2.75, 3.05) is 19.0 Å². The van der Waals surface area contributed by atoms with Gasteiger partial charge in [-0.1, -0.05) is 0 Å². The molecule has 1 rings (SSSR count). The van der Waals surface area contributed by atoms with E-state index in [0.717, 1.165) is 5.69 Å². The van der Waals surface area contributed by atoms with Crippen LogP contribution in [0.15, 0.2) is 24.3 Å². The van der Waals surface area contributed by atoms with Gasteiger partial charge in [0.15, 0.2) is 5.78 Å². The van der Waals surface area contributed by atoms with Gasteiger partial charge < -0.3 is 15.7 Å². The zero-order valence-corrected chi connectivity index (χ0v) is 10.6. The molecule has 1 aromatic carbocycles. The highest BCUT2D eigenvalue weighted by Crippen LogP contribution is 2.14. The monoisotopic (exact) mass is 250 g/mol. The number of rotatable bonds is 6. The lowest BCUT2D eigenvalue weighted by Crippen LogP contribution is -2.31. The number of anilines is 1. The Kier molecular flexibility index (Phi) is 4.85. The van der Waals surface area contributed by atoms with Crippen LogP contribution < -0.4 is 10.6 Å². The van der Waals surface area contributed by atoms with Gasteiger partial charge in [0.05, 0.1) is 6.04 Å². The topological polar surface area (TPSA) is 83.6 Å². The summed E-state index contributed by atoms with van der Waals surface area (Å²) in [6, 6.07) is 6.32. The first-order valence-corrected chi connectivity index (χ1v) is 5.71. The SMILES string of the molecule is CN(C)c1ccc(C(=O)C(N)CCC(=O)O)cc1. The predicted molar refractivity (Wildman–Crippen MR) is 69.9 cm³/mol. The Labute approximate surface area is 106 Å². The van der Waals surface area contributed by atoms with E-state index in [-0.39, 0.29) is 18.6 Å². The number of nitrogens with zero attached hydrogens (tertiary/aromatic N) is 1. The van der Waals surface area contributed by atoms with Crippen LogP contribution in [0, 0.1) is 0 Å². The number of Topliss-reactive ketones (excluding diaryl/α,β-unsaturated/α-hetero) is 1. The molecule has 0 aliphatic heterocycles. The van der Waals surface area contributed by atoms with Crippen molar-refractivity contribution in [2.45, 2.75) is 18.9 Å². The molecule has 0 bridgehead atoms. The molecule has 0 saturated carbocycles. The number of carbonyl (C=O) groups is 2. The van der Waals surface area contributed by atoms with E-state index in [9.17, 15) is 9.59 Å². The molecule has 1 aromatic rings. The summed E-state index contributed by atoms with van der Waals surface area (Å²) in [5, 5.41) is 8.54. The standard InChI is InChI=1S/C13H18N2O3/c1-15(2)10-5-3-9(4-6-10)13(18)11(14)7-8-12(16)17/h3-6,11H,7-8,14H2,1-2H3,(H,16,17). The zero-order valence-electron chi connectivity index (χ0n) is 10.6. The van der Waals surface area contributed by atoms with E-state index in [1.807, 2.05) is 31.1 Å². The molecule has 1 atom stereocenters. The molecule has 98 valence electrons. The number of aliphatic carboxylic acids is 1. The molecule has 0 aliphatic carbocycles. The molecule has 0 radical (unpaired) electrons. The van der Waals surface area contributed by atoms with Gasteiger partial charge in [0.1, 0.15) is 0 Å². The van der Waals surface area contributed by atoms with E-state index in [1.165, 1.54) is 0 Å². The normalized spacial score (nSPS) is 11.9. The molecule has 5 nitrogen and oxygen atoms in total. The van der Waals surface area contributed by atoms with E-state index in [1.54, 1.807) is 12.1 Å². The van der Waals surface area contributed by atoms with Gasteiger partial charge in [0.2, 0.25) is 0 Å². The van der Waals surface area contributed by atoms with Gasteiger partial charge in [0, 0.05) is 31.8 Å². The number of hydrogen-bond acceptors (Lipinski definition) is 4. The van der Waals surface area contributed by atoms with Crippen LogP contribution in [0.25, 0.3) is 0 Å². The lowest BCUT2D eigenvalue weighted by Gasteiger charge is -2.13. The Bertz CT molecular complexity index is 426. The highest BCUT2D eigenvalue weighted by Gasteiger charge is 2.16. The molecular formula is C13H18N2O3. The van der Waals surface area contributed by atoms with Gasteiger partial charge in [-0.05, 0) is 30.7 Å². The van der Waals surface area contributed by atoms with Crippen LogP contribution in [-0.4, -0.2) is 37.0 Å². The minimum Gasteiger partial charge on any atom is -0.481 e. The third-order valence-electron chi connectivity index (χ3n) is 2.67. The van der Waals surface area contributed by atoms with Gasteiger partial charge >= 0.3 is 5.97 Å². The van der Waals surface area contributed by atoms with Crippen molar-refractivity contribution in [3.63, 3.8) is 0 Å². The van der Waals surface area contributed by atoms with Crippen molar-refractivity contribution >= 4 is 17.4 Å². The van der Waals surface area contributed by atoms with Crippen LogP contribution in [0.3, 0.4) is 0 Å². The molecule has 0 aliphatic rings.